The van der Waals surface area contributed by atoms with E-state index >= 15 is 0 Å². The van der Waals surface area contributed by atoms with Crippen molar-refractivity contribution in [1.82, 2.24) is 0 Å². The van der Waals surface area contributed by atoms with E-state index in [9.17, 15) is 8.42 Å². The van der Waals surface area contributed by atoms with Crippen LogP contribution >= 0.6 is 11.8 Å². The number of hydrogen-bond acceptors (Lipinski definition) is 6. The molecule has 2 fully saturated rings. The van der Waals surface area contributed by atoms with Crippen molar-refractivity contribution in [3.8, 4) is 11.5 Å². The van der Waals surface area contributed by atoms with Crippen LogP contribution in [0, 0.1) is 5.41 Å². The zero-order chi connectivity index (χ0) is 14.6. The first kappa shape index (κ1) is 13.3. The van der Waals surface area contributed by atoms with Gasteiger partial charge in [0.25, 0.3) is 0 Å². The average molecular weight is 326 g/mol. The summed E-state index contributed by atoms with van der Waals surface area (Å²) in [5, 5.41) is 8.49. The second kappa shape index (κ2) is 4.54. The lowest BCUT2D eigenvalue weighted by molar-refractivity contribution is 0.171. The molecule has 1 aromatic carbocycles. The first-order valence-corrected chi connectivity index (χ1v) is 9.38. The first-order valence-electron chi connectivity index (χ1n) is 6.68. The van der Waals surface area contributed by atoms with Crippen molar-refractivity contribution in [3.05, 3.63) is 18.2 Å². The van der Waals surface area contributed by atoms with Gasteiger partial charge in [0, 0.05) is 17.0 Å². The van der Waals surface area contributed by atoms with E-state index in [0.717, 1.165) is 5.69 Å². The summed E-state index contributed by atoms with van der Waals surface area (Å²) < 4.78 is 34.7. The van der Waals surface area contributed by atoms with Gasteiger partial charge in [-0.25, -0.2) is 8.42 Å². The molecule has 112 valence electrons. The molecule has 2 atom stereocenters. The number of sulfone groups is 1. The normalized spacial score (nSPS) is 29.5. The smallest absolute Gasteiger partial charge is 0.163 e. The van der Waals surface area contributed by atoms with Gasteiger partial charge >= 0.3 is 0 Å². The van der Waals surface area contributed by atoms with E-state index in [1.165, 1.54) is 11.8 Å². The number of nitrogens with zero attached hydrogens (tertiary/aromatic N) is 1. The highest BCUT2D eigenvalue weighted by atomic mass is 32.2. The molecule has 21 heavy (non-hydrogen) atoms. The molecule has 2 saturated heterocycles. The van der Waals surface area contributed by atoms with Crippen LogP contribution < -0.4 is 14.4 Å². The van der Waals surface area contributed by atoms with E-state index in [0.29, 0.717) is 29.9 Å². The summed E-state index contributed by atoms with van der Waals surface area (Å²) in [6.45, 7) is 1.04. The Labute approximate surface area is 126 Å². The third kappa shape index (κ3) is 2.17. The topological polar surface area (TPSA) is 79.7 Å². The van der Waals surface area contributed by atoms with Gasteiger partial charge in [0.05, 0.1) is 17.5 Å². The lowest BCUT2D eigenvalue weighted by Gasteiger charge is -2.26. The van der Waals surface area contributed by atoms with Crippen LogP contribution in [-0.4, -0.2) is 49.6 Å². The fraction of sp³-hybridized carbons (Fsp3) is 0.462. The minimum absolute atomic E-state index is 0.0456. The molecule has 3 heterocycles. The van der Waals surface area contributed by atoms with E-state index in [2.05, 4.69) is 0 Å². The van der Waals surface area contributed by atoms with Gasteiger partial charge in [-0.2, -0.15) is 0 Å². The zero-order valence-corrected chi connectivity index (χ0v) is 12.7. The van der Waals surface area contributed by atoms with Crippen molar-refractivity contribution >= 4 is 32.5 Å². The summed E-state index contributed by atoms with van der Waals surface area (Å²) in [5.74, 6) is 1.62. The minimum Gasteiger partial charge on any atom is -0.486 e. The highest BCUT2D eigenvalue weighted by Crippen LogP contribution is 2.42. The number of nitrogens with one attached hydrogen (secondary N) is 1. The molecular weight excluding hydrogens is 312 g/mol. The lowest BCUT2D eigenvalue weighted by atomic mass is 10.2. The van der Waals surface area contributed by atoms with Crippen LogP contribution in [0.25, 0.3) is 0 Å². The van der Waals surface area contributed by atoms with Gasteiger partial charge in [-0.3, -0.25) is 5.41 Å². The van der Waals surface area contributed by atoms with E-state index in [1.807, 2.05) is 18.2 Å². The van der Waals surface area contributed by atoms with Crippen LogP contribution in [0.3, 0.4) is 0 Å². The Bertz CT molecular complexity index is 719. The molecule has 0 bridgehead atoms. The maximum atomic E-state index is 11.8. The van der Waals surface area contributed by atoms with Gasteiger partial charge in [0.15, 0.2) is 26.5 Å². The van der Waals surface area contributed by atoms with Crippen LogP contribution in [0.5, 0.6) is 11.5 Å². The number of amidine groups is 1. The van der Waals surface area contributed by atoms with Crippen molar-refractivity contribution in [3.63, 3.8) is 0 Å². The highest BCUT2D eigenvalue weighted by molar-refractivity contribution is 8.15. The van der Waals surface area contributed by atoms with Gasteiger partial charge in [0.2, 0.25) is 0 Å². The van der Waals surface area contributed by atoms with Gasteiger partial charge in [-0.1, -0.05) is 11.8 Å². The van der Waals surface area contributed by atoms with Crippen LogP contribution in [-0.2, 0) is 9.84 Å². The van der Waals surface area contributed by atoms with Crippen LogP contribution in [0.4, 0.5) is 5.69 Å². The number of thioether (sulfide) groups is 1. The van der Waals surface area contributed by atoms with Crippen LogP contribution in [0.2, 0.25) is 0 Å². The summed E-state index contributed by atoms with van der Waals surface area (Å²) in [5.41, 5.74) is 0.793. The minimum atomic E-state index is -3.00. The molecule has 0 saturated carbocycles. The molecule has 0 radical (unpaired) electrons. The summed E-state index contributed by atoms with van der Waals surface area (Å²) >= 11 is 1.34. The Morgan fingerprint density at radius 1 is 1.19 bits per heavy atom. The standard InChI is InChI=1S/C13H14N2O4S2/c14-13-15(9-6-21(16,17)7-12(9)20-13)8-1-2-10-11(5-8)19-4-3-18-10/h1-2,5,9,12,14H,3-4,6-7H2/t9-,12-/m1/s1. The summed E-state index contributed by atoms with van der Waals surface area (Å²) in [7, 11) is -3.00. The molecule has 0 unspecified atom stereocenters. The third-order valence-electron chi connectivity index (χ3n) is 3.89. The van der Waals surface area contributed by atoms with E-state index in [4.69, 9.17) is 14.9 Å². The summed E-state index contributed by atoms with van der Waals surface area (Å²) in [6.07, 6.45) is 0. The molecule has 4 rings (SSSR count). The second-order valence-electron chi connectivity index (χ2n) is 5.30. The molecule has 0 aliphatic carbocycles. The Balaban J connectivity index is 1.70. The van der Waals surface area contributed by atoms with Crippen molar-refractivity contribution in [1.29, 1.82) is 5.41 Å². The van der Waals surface area contributed by atoms with Crippen molar-refractivity contribution in [2.24, 2.45) is 0 Å². The largest absolute Gasteiger partial charge is 0.486 e. The predicted octanol–water partition coefficient (Wildman–Crippen LogP) is 1.11. The second-order valence-corrected chi connectivity index (χ2v) is 8.69. The molecule has 8 heteroatoms. The molecule has 0 amide bonds. The average Bonchev–Trinajstić information content (AvgIpc) is 2.88. The molecule has 0 spiro atoms. The first-order chi connectivity index (χ1) is 10.0. The maximum absolute atomic E-state index is 11.8. The van der Waals surface area contributed by atoms with Gasteiger partial charge in [-0.05, 0) is 12.1 Å². The highest BCUT2D eigenvalue weighted by Gasteiger charge is 2.48. The molecule has 3 aliphatic heterocycles. The number of fused-ring (bicyclic) bond motifs is 2. The lowest BCUT2D eigenvalue weighted by Crippen LogP contribution is -2.37. The molecule has 1 aromatic rings. The Kier molecular flexibility index (Phi) is 2.87. The summed E-state index contributed by atoms with van der Waals surface area (Å²) in [4.78, 5) is 1.80. The Morgan fingerprint density at radius 2 is 1.95 bits per heavy atom. The monoisotopic (exact) mass is 326 g/mol. The Hall–Kier alpha value is -1.41. The Morgan fingerprint density at radius 3 is 2.76 bits per heavy atom. The van der Waals surface area contributed by atoms with Crippen LogP contribution in [0.1, 0.15) is 0 Å². The fourth-order valence-corrected chi connectivity index (χ4v) is 6.78. The van der Waals surface area contributed by atoms with E-state index < -0.39 is 9.84 Å². The predicted molar refractivity (Wildman–Crippen MR) is 81.5 cm³/mol. The van der Waals surface area contributed by atoms with Crippen LogP contribution in [0.15, 0.2) is 18.2 Å². The number of ether oxygens (including phenoxy) is 2. The molecule has 0 aromatic heterocycles. The molecular formula is C13H14N2O4S2. The van der Waals surface area contributed by atoms with Crippen molar-refractivity contribution in [2.75, 3.05) is 29.6 Å². The summed E-state index contributed by atoms with van der Waals surface area (Å²) in [6, 6.07) is 5.35. The quantitative estimate of drug-likeness (QED) is 0.833. The maximum Gasteiger partial charge on any atom is 0.163 e. The van der Waals surface area contributed by atoms with E-state index in [-0.39, 0.29) is 22.8 Å². The fourth-order valence-electron chi connectivity index (χ4n) is 2.99. The number of benzene rings is 1. The van der Waals surface area contributed by atoms with Crippen molar-refractivity contribution in [2.45, 2.75) is 11.3 Å². The van der Waals surface area contributed by atoms with Gasteiger partial charge < -0.3 is 14.4 Å². The zero-order valence-electron chi connectivity index (χ0n) is 11.1. The number of rotatable bonds is 1. The SMILES string of the molecule is N=C1S[C@@H]2CS(=O)(=O)C[C@H]2N1c1ccc2c(c1)OCCO2. The number of hydrogen-bond donors (Lipinski definition) is 1. The third-order valence-corrected chi connectivity index (χ3v) is 7.02. The number of anilines is 1. The molecule has 6 nitrogen and oxygen atoms in total. The molecule has 3 aliphatic rings. The van der Waals surface area contributed by atoms with Crippen molar-refractivity contribution < 1.29 is 17.9 Å². The van der Waals surface area contributed by atoms with Gasteiger partial charge in [0.1, 0.15) is 13.2 Å². The van der Waals surface area contributed by atoms with E-state index in [1.54, 1.807) is 4.90 Å². The molecule has 1 N–H and O–H groups in total. The van der Waals surface area contributed by atoms with Gasteiger partial charge in [-0.15, -0.1) is 0 Å².